The van der Waals surface area contributed by atoms with Gasteiger partial charge in [-0.15, -0.1) is 0 Å². The highest BCUT2D eigenvalue weighted by Gasteiger charge is 2.11. The van der Waals surface area contributed by atoms with Crippen LogP contribution in [0.3, 0.4) is 0 Å². The fourth-order valence-electron chi connectivity index (χ4n) is 2.29. The third-order valence-electron chi connectivity index (χ3n) is 3.43. The highest BCUT2D eigenvalue weighted by Crippen LogP contribution is 2.26. The molecule has 3 nitrogen and oxygen atoms in total. The van der Waals surface area contributed by atoms with Crippen LogP contribution < -0.4 is 10.1 Å². The second kappa shape index (κ2) is 6.54. The molecule has 0 aliphatic carbocycles. The van der Waals surface area contributed by atoms with E-state index in [0.29, 0.717) is 11.9 Å². The molecule has 4 heteroatoms. The first kappa shape index (κ1) is 14.5. The SMILES string of the molecule is CC(NCc1ccccn1)Oc1ccc2ccccc2c1F. The molecule has 0 fully saturated rings. The zero-order valence-electron chi connectivity index (χ0n) is 12.3. The summed E-state index contributed by atoms with van der Waals surface area (Å²) in [7, 11) is 0. The number of aromatic nitrogens is 1. The molecule has 3 aromatic rings. The Morgan fingerprint density at radius 2 is 1.91 bits per heavy atom. The highest BCUT2D eigenvalue weighted by atomic mass is 19.1. The molecule has 112 valence electrons. The molecule has 0 aliphatic rings. The molecular formula is C18H17FN2O. The van der Waals surface area contributed by atoms with Gasteiger partial charge in [0.1, 0.15) is 6.23 Å². The Kier molecular flexibility index (Phi) is 4.30. The van der Waals surface area contributed by atoms with Gasteiger partial charge in [-0.3, -0.25) is 10.3 Å². The van der Waals surface area contributed by atoms with Crippen LogP contribution in [0, 0.1) is 5.82 Å². The van der Waals surface area contributed by atoms with Crippen molar-refractivity contribution >= 4 is 10.8 Å². The monoisotopic (exact) mass is 296 g/mol. The van der Waals surface area contributed by atoms with Gasteiger partial charge in [-0.1, -0.05) is 36.4 Å². The maximum Gasteiger partial charge on any atom is 0.172 e. The Morgan fingerprint density at radius 1 is 1.09 bits per heavy atom. The van der Waals surface area contributed by atoms with Crippen LogP contribution in [0.2, 0.25) is 0 Å². The van der Waals surface area contributed by atoms with E-state index in [9.17, 15) is 4.39 Å². The summed E-state index contributed by atoms with van der Waals surface area (Å²) in [6, 6.07) is 16.6. The van der Waals surface area contributed by atoms with Crippen LogP contribution >= 0.6 is 0 Å². The molecule has 1 atom stereocenters. The van der Waals surface area contributed by atoms with E-state index in [1.54, 1.807) is 18.3 Å². The molecule has 0 spiro atoms. The van der Waals surface area contributed by atoms with Crippen molar-refractivity contribution in [1.82, 2.24) is 10.3 Å². The predicted octanol–water partition coefficient (Wildman–Crippen LogP) is 3.89. The molecule has 0 aliphatic heterocycles. The quantitative estimate of drug-likeness (QED) is 0.725. The molecule has 22 heavy (non-hydrogen) atoms. The summed E-state index contributed by atoms with van der Waals surface area (Å²) in [5, 5.41) is 4.60. The first-order chi connectivity index (χ1) is 10.7. The summed E-state index contributed by atoms with van der Waals surface area (Å²) in [5.74, 6) is -0.0793. The molecule has 0 radical (unpaired) electrons. The lowest BCUT2D eigenvalue weighted by Crippen LogP contribution is -2.31. The van der Waals surface area contributed by atoms with Gasteiger partial charge in [-0.2, -0.15) is 0 Å². The minimum Gasteiger partial charge on any atom is -0.473 e. The van der Waals surface area contributed by atoms with Crippen LogP contribution in [0.4, 0.5) is 4.39 Å². The van der Waals surface area contributed by atoms with Crippen LogP contribution in [0.1, 0.15) is 12.6 Å². The lowest BCUT2D eigenvalue weighted by molar-refractivity contribution is 0.173. The smallest absolute Gasteiger partial charge is 0.172 e. The van der Waals surface area contributed by atoms with Crippen LogP contribution in [0.15, 0.2) is 60.8 Å². The molecule has 0 bridgehead atoms. The Labute approximate surface area is 128 Å². The fraction of sp³-hybridized carbons (Fsp3) is 0.167. The number of fused-ring (bicyclic) bond motifs is 1. The van der Waals surface area contributed by atoms with Crippen molar-refractivity contribution in [3.63, 3.8) is 0 Å². The van der Waals surface area contributed by atoms with Gasteiger partial charge < -0.3 is 4.74 Å². The summed E-state index contributed by atoms with van der Waals surface area (Å²) in [4.78, 5) is 4.22. The number of nitrogens with one attached hydrogen (secondary N) is 1. The number of ether oxygens (including phenoxy) is 1. The maximum atomic E-state index is 14.4. The molecule has 0 saturated carbocycles. The van der Waals surface area contributed by atoms with Gasteiger partial charge in [-0.25, -0.2) is 4.39 Å². The van der Waals surface area contributed by atoms with Crippen molar-refractivity contribution in [2.24, 2.45) is 0 Å². The maximum absolute atomic E-state index is 14.4. The summed E-state index contributed by atoms with van der Waals surface area (Å²) >= 11 is 0. The number of rotatable bonds is 5. The third-order valence-corrected chi connectivity index (χ3v) is 3.43. The molecule has 3 rings (SSSR count). The molecule has 1 aromatic heterocycles. The van der Waals surface area contributed by atoms with Gasteiger partial charge in [-0.05, 0) is 30.5 Å². The number of hydrogen-bond donors (Lipinski definition) is 1. The number of nitrogens with zero attached hydrogens (tertiary/aromatic N) is 1. The van der Waals surface area contributed by atoms with E-state index in [2.05, 4.69) is 10.3 Å². The van der Waals surface area contributed by atoms with E-state index in [1.807, 2.05) is 49.4 Å². The molecule has 1 unspecified atom stereocenters. The Balaban J connectivity index is 1.69. The van der Waals surface area contributed by atoms with Gasteiger partial charge in [0.2, 0.25) is 0 Å². The van der Waals surface area contributed by atoms with E-state index in [-0.39, 0.29) is 17.8 Å². The van der Waals surface area contributed by atoms with Crippen molar-refractivity contribution in [2.45, 2.75) is 19.7 Å². The van der Waals surface area contributed by atoms with Crippen molar-refractivity contribution in [1.29, 1.82) is 0 Å². The van der Waals surface area contributed by atoms with Crippen LogP contribution in [0.25, 0.3) is 10.8 Å². The zero-order valence-corrected chi connectivity index (χ0v) is 12.3. The fourth-order valence-corrected chi connectivity index (χ4v) is 2.29. The summed E-state index contributed by atoms with van der Waals surface area (Å²) in [5.41, 5.74) is 0.914. The van der Waals surface area contributed by atoms with Crippen molar-refractivity contribution in [3.8, 4) is 5.75 Å². The normalized spacial score (nSPS) is 12.3. The van der Waals surface area contributed by atoms with Gasteiger partial charge >= 0.3 is 0 Å². The molecule has 2 aromatic carbocycles. The average Bonchev–Trinajstić information content (AvgIpc) is 2.57. The second-order valence-corrected chi connectivity index (χ2v) is 5.06. The second-order valence-electron chi connectivity index (χ2n) is 5.06. The van der Waals surface area contributed by atoms with Gasteiger partial charge in [0.25, 0.3) is 0 Å². The first-order valence-corrected chi connectivity index (χ1v) is 7.21. The summed E-state index contributed by atoms with van der Waals surface area (Å²) in [6.45, 7) is 2.41. The Bertz CT molecular complexity index is 761. The van der Waals surface area contributed by atoms with Gasteiger partial charge in [0.15, 0.2) is 11.6 Å². The minimum absolute atomic E-state index is 0.250. The number of benzene rings is 2. The topological polar surface area (TPSA) is 34.2 Å². The van der Waals surface area contributed by atoms with E-state index in [0.717, 1.165) is 11.1 Å². The molecular weight excluding hydrogens is 279 g/mol. The molecule has 0 amide bonds. The largest absolute Gasteiger partial charge is 0.473 e. The molecule has 1 N–H and O–H groups in total. The Hall–Kier alpha value is -2.46. The van der Waals surface area contributed by atoms with E-state index in [1.165, 1.54) is 0 Å². The lowest BCUT2D eigenvalue weighted by atomic mass is 10.1. The van der Waals surface area contributed by atoms with Gasteiger partial charge in [0.05, 0.1) is 5.69 Å². The average molecular weight is 296 g/mol. The molecule has 1 heterocycles. The highest BCUT2D eigenvalue weighted by molar-refractivity contribution is 5.84. The van der Waals surface area contributed by atoms with Crippen LogP contribution in [-0.2, 0) is 6.54 Å². The van der Waals surface area contributed by atoms with Crippen LogP contribution in [-0.4, -0.2) is 11.2 Å². The van der Waals surface area contributed by atoms with Gasteiger partial charge in [0, 0.05) is 18.1 Å². The first-order valence-electron chi connectivity index (χ1n) is 7.21. The van der Waals surface area contributed by atoms with E-state index >= 15 is 0 Å². The van der Waals surface area contributed by atoms with E-state index < -0.39 is 0 Å². The van der Waals surface area contributed by atoms with Crippen molar-refractivity contribution in [2.75, 3.05) is 0 Å². The summed E-state index contributed by atoms with van der Waals surface area (Å²) < 4.78 is 20.1. The van der Waals surface area contributed by atoms with Crippen LogP contribution in [0.5, 0.6) is 5.75 Å². The number of hydrogen-bond acceptors (Lipinski definition) is 3. The minimum atomic E-state index is -0.329. The standard InChI is InChI=1S/C18H17FN2O/c1-13(21-12-15-7-4-5-11-20-15)22-17-10-9-14-6-2-3-8-16(14)18(17)19/h2-11,13,21H,12H2,1H3. The predicted molar refractivity (Wildman–Crippen MR) is 85.1 cm³/mol. The molecule has 0 saturated heterocycles. The number of halogens is 1. The third kappa shape index (κ3) is 3.23. The Morgan fingerprint density at radius 3 is 2.73 bits per heavy atom. The van der Waals surface area contributed by atoms with Crippen molar-refractivity contribution < 1.29 is 9.13 Å². The summed E-state index contributed by atoms with van der Waals surface area (Å²) in [6.07, 6.45) is 1.42. The number of pyridine rings is 1. The zero-order chi connectivity index (χ0) is 15.4. The van der Waals surface area contributed by atoms with E-state index in [4.69, 9.17) is 4.74 Å². The lowest BCUT2D eigenvalue weighted by Gasteiger charge is -2.17. The van der Waals surface area contributed by atoms with Crippen molar-refractivity contribution in [3.05, 3.63) is 72.3 Å².